The molecule has 0 fully saturated rings. The molecular weight excluding hydrogens is 376 g/mol. The Morgan fingerprint density at radius 2 is 1.73 bits per heavy atom. The molecule has 0 radical (unpaired) electrons. The van der Waals surface area contributed by atoms with Gasteiger partial charge in [-0.05, 0) is 59.4 Å². The van der Waals surface area contributed by atoms with Crippen LogP contribution in [0.2, 0.25) is 0 Å². The van der Waals surface area contributed by atoms with Gasteiger partial charge in [-0.2, -0.15) is 0 Å². The van der Waals surface area contributed by atoms with Crippen molar-refractivity contribution >= 4 is 11.9 Å². The molecule has 1 atom stereocenters. The minimum absolute atomic E-state index is 0.233. The van der Waals surface area contributed by atoms with Crippen molar-refractivity contribution in [3.05, 3.63) is 103 Å². The SMILES string of the molecule is C=CC(=O)OC1=CCC(c2ccc(-c3ccc(OC(=O)C=C)cc3CC)cc2)C=C1. The molecule has 0 spiro atoms. The first-order chi connectivity index (χ1) is 14.5. The lowest BCUT2D eigenvalue weighted by molar-refractivity contribution is -0.133. The highest BCUT2D eigenvalue weighted by Crippen LogP contribution is 2.32. The molecule has 30 heavy (non-hydrogen) atoms. The van der Waals surface area contributed by atoms with Gasteiger partial charge in [0.15, 0.2) is 0 Å². The van der Waals surface area contributed by atoms with Gasteiger partial charge in [0, 0.05) is 18.1 Å². The van der Waals surface area contributed by atoms with Crippen LogP contribution in [0.1, 0.15) is 30.4 Å². The van der Waals surface area contributed by atoms with E-state index in [0.29, 0.717) is 11.5 Å². The summed E-state index contributed by atoms with van der Waals surface area (Å²) < 4.78 is 10.4. The predicted octanol–water partition coefficient (Wildman–Crippen LogP) is 5.66. The number of allylic oxidation sites excluding steroid dienone is 3. The van der Waals surface area contributed by atoms with E-state index in [2.05, 4.69) is 44.3 Å². The van der Waals surface area contributed by atoms with E-state index in [1.165, 1.54) is 5.56 Å². The number of ether oxygens (including phenoxy) is 2. The molecule has 152 valence electrons. The number of hydrogen-bond acceptors (Lipinski definition) is 4. The predicted molar refractivity (Wildman–Crippen MR) is 118 cm³/mol. The monoisotopic (exact) mass is 400 g/mol. The molecule has 0 N–H and O–H groups in total. The Morgan fingerprint density at radius 3 is 2.33 bits per heavy atom. The second kappa shape index (κ2) is 9.70. The number of esters is 2. The van der Waals surface area contributed by atoms with Gasteiger partial charge in [0.1, 0.15) is 11.5 Å². The van der Waals surface area contributed by atoms with E-state index < -0.39 is 11.9 Å². The quantitative estimate of drug-likeness (QED) is 0.342. The van der Waals surface area contributed by atoms with Crippen LogP contribution in [0.5, 0.6) is 5.75 Å². The lowest BCUT2D eigenvalue weighted by Gasteiger charge is -2.17. The van der Waals surface area contributed by atoms with Gasteiger partial charge in [0.25, 0.3) is 0 Å². The van der Waals surface area contributed by atoms with Gasteiger partial charge >= 0.3 is 11.9 Å². The molecule has 0 aliphatic heterocycles. The molecule has 0 aromatic heterocycles. The number of rotatable bonds is 7. The number of carbonyl (C=O) groups excluding carboxylic acids is 2. The first kappa shape index (κ1) is 21.1. The van der Waals surface area contributed by atoms with Crippen molar-refractivity contribution in [1.29, 1.82) is 0 Å². The lowest BCUT2D eigenvalue weighted by atomic mass is 9.90. The molecule has 0 heterocycles. The second-order valence-electron chi connectivity index (χ2n) is 6.85. The highest BCUT2D eigenvalue weighted by atomic mass is 16.5. The molecule has 1 unspecified atom stereocenters. The Morgan fingerprint density at radius 1 is 1.03 bits per heavy atom. The van der Waals surface area contributed by atoms with Crippen LogP contribution in [0.25, 0.3) is 11.1 Å². The third-order valence-electron chi connectivity index (χ3n) is 4.94. The number of aryl methyl sites for hydroxylation is 1. The maximum absolute atomic E-state index is 11.4. The Kier molecular flexibility index (Phi) is 6.81. The Labute approximate surface area is 176 Å². The number of benzene rings is 2. The molecule has 0 amide bonds. The minimum Gasteiger partial charge on any atom is -0.424 e. The first-order valence-corrected chi connectivity index (χ1v) is 9.84. The summed E-state index contributed by atoms with van der Waals surface area (Å²) in [4.78, 5) is 22.7. The smallest absolute Gasteiger partial charge is 0.335 e. The summed E-state index contributed by atoms with van der Waals surface area (Å²) in [5, 5.41) is 0. The minimum atomic E-state index is -0.467. The maximum atomic E-state index is 11.4. The van der Waals surface area contributed by atoms with E-state index in [0.717, 1.165) is 41.7 Å². The topological polar surface area (TPSA) is 52.6 Å². The van der Waals surface area contributed by atoms with Crippen LogP contribution in [-0.2, 0) is 20.7 Å². The Bertz CT molecular complexity index is 1030. The van der Waals surface area contributed by atoms with Gasteiger partial charge in [0.05, 0.1) is 0 Å². The summed E-state index contributed by atoms with van der Waals surface area (Å²) in [5.41, 5.74) is 4.51. The van der Waals surface area contributed by atoms with E-state index in [-0.39, 0.29) is 5.92 Å². The number of carbonyl (C=O) groups is 2. The van der Waals surface area contributed by atoms with Gasteiger partial charge in [-0.15, -0.1) is 0 Å². The lowest BCUT2D eigenvalue weighted by Crippen LogP contribution is -2.04. The van der Waals surface area contributed by atoms with E-state index in [9.17, 15) is 9.59 Å². The van der Waals surface area contributed by atoms with Crippen LogP contribution >= 0.6 is 0 Å². The molecule has 0 bridgehead atoms. The zero-order valence-corrected chi connectivity index (χ0v) is 17.0. The van der Waals surface area contributed by atoms with Crippen LogP contribution in [0.3, 0.4) is 0 Å². The second-order valence-corrected chi connectivity index (χ2v) is 6.85. The van der Waals surface area contributed by atoms with Crippen molar-refractivity contribution in [2.45, 2.75) is 25.7 Å². The van der Waals surface area contributed by atoms with Gasteiger partial charge in [-0.25, -0.2) is 9.59 Å². The summed E-state index contributed by atoms with van der Waals surface area (Å²) >= 11 is 0. The van der Waals surface area contributed by atoms with Crippen molar-refractivity contribution in [3.8, 4) is 16.9 Å². The van der Waals surface area contributed by atoms with E-state index >= 15 is 0 Å². The fraction of sp³-hybridized carbons (Fsp3) is 0.154. The van der Waals surface area contributed by atoms with Crippen LogP contribution in [0, 0.1) is 0 Å². The zero-order chi connectivity index (χ0) is 21.5. The van der Waals surface area contributed by atoms with Gasteiger partial charge < -0.3 is 9.47 Å². The largest absolute Gasteiger partial charge is 0.424 e. The van der Waals surface area contributed by atoms with Gasteiger partial charge in [-0.3, -0.25) is 0 Å². The summed E-state index contributed by atoms with van der Waals surface area (Å²) in [6, 6.07) is 14.1. The summed E-state index contributed by atoms with van der Waals surface area (Å²) in [5.74, 6) is 0.384. The van der Waals surface area contributed by atoms with Crippen molar-refractivity contribution < 1.29 is 19.1 Å². The van der Waals surface area contributed by atoms with Crippen molar-refractivity contribution in [3.63, 3.8) is 0 Å². The molecule has 0 saturated heterocycles. The van der Waals surface area contributed by atoms with E-state index in [1.807, 2.05) is 30.4 Å². The third kappa shape index (κ3) is 5.03. The molecular formula is C26H24O4. The van der Waals surface area contributed by atoms with Crippen molar-refractivity contribution in [2.24, 2.45) is 0 Å². The standard InChI is InChI=1S/C26H24O4/c1-4-18-17-23(30-26(28)6-3)15-16-24(18)21-9-7-19(8-10-21)20-11-13-22(14-12-20)29-25(27)5-2/h5-11,13-17,20H,2-4,12H2,1H3. The van der Waals surface area contributed by atoms with Crippen LogP contribution in [0.4, 0.5) is 0 Å². The molecule has 4 heteroatoms. The Hall–Kier alpha value is -3.66. The molecule has 0 saturated carbocycles. The molecule has 4 nitrogen and oxygen atoms in total. The zero-order valence-electron chi connectivity index (χ0n) is 17.0. The normalized spacial score (nSPS) is 15.1. The highest BCUT2D eigenvalue weighted by Gasteiger charge is 2.14. The summed E-state index contributed by atoms with van der Waals surface area (Å²) in [7, 11) is 0. The first-order valence-electron chi connectivity index (χ1n) is 9.84. The number of hydrogen-bond donors (Lipinski definition) is 0. The average molecular weight is 400 g/mol. The fourth-order valence-electron chi connectivity index (χ4n) is 3.36. The van der Waals surface area contributed by atoms with E-state index in [1.54, 1.807) is 6.07 Å². The Balaban J connectivity index is 1.74. The average Bonchev–Trinajstić information content (AvgIpc) is 2.79. The third-order valence-corrected chi connectivity index (χ3v) is 4.94. The van der Waals surface area contributed by atoms with E-state index in [4.69, 9.17) is 9.47 Å². The summed E-state index contributed by atoms with van der Waals surface area (Å²) in [6.45, 7) is 8.90. The van der Waals surface area contributed by atoms with Crippen molar-refractivity contribution in [2.75, 3.05) is 0 Å². The molecule has 2 aromatic carbocycles. The summed E-state index contributed by atoms with van der Waals surface area (Å²) in [6.07, 6.45) is 9.67. The van der Waals surface area contributed by atoms with Crippen LogP contribution in [0.15, 0.2) is 91.8 Å². The maximum Gasteiger partial charge on any atom is 0.335 e. The molecule has 1 aliphatic carbocycles. The highest BCUT2D eigenvalue weighted by molar-refractivity contribution is 5.83. The van der Waals surface area contributed by atoms with Crippen LogP contribution in [-0.4, -0.2) is 11.9 Å². The van der Waals surface area contributed by atoms with Crippen molar-refractivity contribution in [1.82, 2.24) is 0 Å². The molecule has 1 aliphatic rings. The fourth-order valence-corrected chi connectivity index (χ4v) is 3.36. The van der Waals surface area contributed by atoms with Gasteiger partial charge in [0.2, 0.25) is 0 Å². The molecule has 3 rings (SSSR count). The van der Waals surface area contributed by atoms with Crippen LogP contribution < -0.4 is 4.74 Å². The van der Waals surface area contributed by atoms with Gasteiger partial charge in [-0.1, -0.05) is 56.5 Å². The molecule has 2 aromatic rings.